The molecule has 0 radical (unpaired) electrons. The molecule has 1 fully saturated rings. The fraction of sp³-hybridized carbons (Fsp3) is 0.444. The number of likely N-dealkylation sites (N-methyl/N-ethyl adjacent to an activating group) is 1. The summed E-state index contributed by atoms with van der Waals surface area (Å²) in [6.07, 6.45) is 2.83. The molecule has 1 aromatic heterocycles. The summed E-state index contributed by atoms with van der Waals surface area (Å²) < 4.78 is 5.68. The maximum absolute atomic E-state index is 12.4. The van der Waals surface area contributed by atoms with Crippen LogP contribution in [0.5, 0.6) is 5.75 Å². The monoisotopic (exact) mass is 364 g/mol. The molecule has 1 heterocycles. The number of ether oxygens (including phenoxy) is 1. The van der Waals surface area contributed by atoms with Crippen molar-refractivity contribution in [2.75, 3.05) is 7.05 Å². The van der Waals surface area contributed by atoms with Crippen molar-refractivity contribution in [2.24, 2.45) is 5.92 Å². The third-order valence-corrected chi connectivity index (χ3v) is 5.54. The number of nitrogens with zero attached hydrogens (tertiary/aromatic N) is 2. The maximum atomic E-state index is 12.4. The van der Waals surface area contributed by atoms with Crippen LogP contribution in [0, 0.1) is 5.92 Å². The van der Waals surface area contributed by atoms with Gasteiger partial charge >= 0.3 is 0 Å². The molecule has 4 nitrogen and oxygen atoms in total. The second kappa shape index (κ2) is 7.53. The number of carbonyl (C=O) groups is 1. The fourth-order valence-corrected chi connectivity index (χ4v) is 3.40. The summed E-state index contributed by atoms with van der Waals surface area (Å²) in [4.78, 5) is 18.7. The number of thiazole rings is 1. The Morgan fingerprint density at radius 1 is 1.42 bits per heavy atom. The maximum Gasteiger partial charge on any atom is 0.228 e. The summed E-state index contributed by atoms with van der Waals surface area (Å²) in [5.41, 5.74) is 0.814. The first-order valence-electron chi connectivity index (χ1n) is 8.10. The second-order valence-electron chi connectivity index (χ2n) is 6.23. The number of halogens is 1. The van der Waals surface area contributed by atoms with Crippen LogP contribution in [0.25, 0.3) is 0 Å². The van der Waals surface area contributed by atoms with E-state index in [1.54, 1.807) is 12.1 Å². The van der Waals surface area contributed by atoms with Crippen LogP contribution in [0.15, 0.2) is 29.6 Å². The number of hydrogen-bond acceptors (Lipinski definition) is 4. The second-order valence-corrected chi connectivity index (χ2v) is 7.61. The van der Waals surface area contributed by atoms with E-state index in [0.29, 0.717) is 30.0 Å². The lowest BCUT2D eigenvalue weighted by molar-refractivity contribution is -0.131. The molecule has 6 heteroatoms. The molecule has 128 valence electrons. The highest BCUT2D eigenvalue weighted by molar-refractivity contribution is 7.09. The molecular formula is C18H21ClN2O2S. The van der Waals surface area contributed by atoms with Crippen LogP contribution in [0.2, 0.25) is 5.02 Å². The first-order chi connectivity index (χ1) is 11.5. The van der Waals surface area contributed by atoms with Gasteiger partial charge in [-0.2, -0.15) is 0 Å². The van der Waals surface area contributed by atoms with Crippen LogP contribution in [0.4, 0.5) is 0 Å². The Bertz CT molecular complexity index is 697. The highest BCUT2D eigenvalue weighted by Crippen LogP contribution is 2.34. The highest BCUT2D eigenvalue weighted by atomic mass is 35.5. The van der Waals surface area contributed by atoms with Crippen LogP contribution < -0.4 is 4.74 Å². The van der Waals surface area contributed by atoms with Gasteiger partial charge in [-0.05, 0) is 49.9 Å². The van der Waals surface area contributed by atoms with Crippen molar-refractivity contribution in [2.45, 2.75) is 38.8 Å². The molecule has 0 aliphatic heterocycles. The number of amides is 1. The summed E-state index contributed by atoms with van der Waals surface area (Å²) >= 11 is 7.37. The third-order valence-electron chi connectivity index (χ3n) is 4.42. The van der Waals surface area contributed by atoms with Crippen molar-refractivity contribution in [1.82, 2.24) is 9.88 Å². The van der Waals surface area contributed by atoms with Crippen molar-refractivity contribution in [3.05, 3.63) is 45.4 Å². The van der Waals surface area contributed by atoms with Crippen molar-refractivity contribution >= 4 is 28.8 Å². The largest absolute Gasteiger partial charge is 0.486 e. The van der Waals surface area contributed by atoms with Crippen molar-refractivity contribution in [3.8, 4) is 5.75 Å². The number of benzene rings is 1. The standard InChI is InChI=1S/C18H21ClN2O2S/c1-12(13-3-4-13)21(2)18(22)9-15-11-24-17(20-15)10-23-16-7-5-14(19)6-8-16/h5-8,11-13H,3-4,9-10H2,1-2H3. The lowest BCUT2D eigenvalue weighted by Crippen LogP contribution is -2.37. The number of hydrogen-bond donors (Lipinski definition) is 0. The quantitative estimate of drug-likeness (QED) is 0.740. The molecule has 0 spiro atoms. The van der Waals surface area contributed by atoms with Gasteiger partial charge in [0.15, 0.2) is 0 Å². The molecule has 24 heavy (non-hydrogen) atoms. The van der Waals surface area contributed by atoms with Gasteiger partial charge in [0.25, 0.3) is 0 Å². The van der Waals surface area contributed by atoms with E-state index < -0.39 is 0 Å². The van der Waals surface area contributed by atoms with Gasteiger partial charge in [0.1, 0.15) is 17.4 Å². The lowest BCUT2D eigenvalue weighted by atomic mass is 10.2. The molecule has 1 aliphatic rings. The zero-order valence-corrected chi connectivity index (χ0v) is 15.4. The predicted molar refractivity (Wildman–Crippen MR) is 96.6 cm³/mol. The van der Waals surface area contributed by atoms with Gasteiger partial charge in [-0.15, -0.1) is 11.3 Å². The molecule has 2 aromatic rings. The van der Waals surface area contributed by atoms with Crippen LogP contribution in [-0.4, -0.2) is 28.9 Å². The molecule has 1 aromatic carbocycles. The molecule has 1 amide bonds. The smallest absolute Gasteiger partial charge is 0.228 e. The lowest BCUT2D eigenvalue weighted by Gasteiger charge is -2.24. The van der Waals surface area contributed by atoms with E-state index in [1.807, 2.05) is 29.5 Å². The Morgan fingerprint density at radius 3 is 2.79 bits per heavy atom. The average Bonchev–Trinajstić information content (AvgIpc) is 3.34. The van der Waals surface area contributed by atoms with Crippen LogP contribution in [0.3, 0.4) is 0 Å². The topological polar surface area (TPSA) is 42.4 Å². The molecule has 1 unspecified atom stereocenters. The Balaban J connectivity index is 1.51. The number of aromatic nitrogens is 1. The van der Waals surface area contributed by atoms with E-state index in [9.17, 15) is 4.79 Å². The van der Waals surface area contributed by atoms with Crippen molar-refractivity contribution in [1.29, 1.82) is 0 Å². The molecule has 1 aliphatic carbocycles. The average molecular weight is 365 g/mol. The van der Waals surface area contributed by atoms with E-state index in [2.05, 4.69) is 11.9 Å². The minimum absolute atomic E-state index is 0.130. The Labute approximate surface area is 151 Å². The van der Waals surface area contributed by atoms with Gasteiger partial charge in [0.05, 0.1) is 12.1 Å². The zero-order valence-electron chi connectivity index (χ0n) is 13.9. The van der Waals surface area contributed by atoms with E-state index in [-0.39, 0.29) is 5.91 Å². The van der Waals surface area contributed by atoms with Gasteiger partial charge in [-0.1, -0.05) is 11.6 Å². The van der Waals surface area contributed by atoms with Gasteiger partial charge in [-0.25, -0.2) is 4.98 Å². The molecule has 3 rings (SSSR count). The summed E-state index contributed by atoms with van der Waals surface area (Å²) in [7, 11) is 1.89. The van der Waals surface area contributed by atoms with Gasteiger partial charge < -0.3 is 9.64 Å². The zero-order chi connectivity index (χ0) is 17.1. The van der Waals surface area contributed by atoms with Crippen LogP contribution in [0.1, 0.15) is 30.5 Å². The van der Waals surface area contributed by atoms with Crippen LogP contribution in [-0.2, 0) is 17.8 Å². The number of carbonyl (C=O) groups excluding carboxylic acids is 1. The van der Waals surface area contributed by atoms with Crippen molar-refractivity contribution < 1.29 is 9.53 Å². The first-order valence-corrected chi connectivity index (χ1v) is 9.36. The minimum atomic E-state index is 0.130. The minimum Gasteiger partial charge on any atom is -0.486 e. The normalized spacial score (nSPS) is 15.1. The van der Waals surface area contributed by atoms with E-state index in [4.69, 9.17) is 16.3 Å². The summed E-state index contributed by atoms with van der Waals surface area (Å²) in [5, 5.41) is 3.49. The highest BCUT2D eigenvalue weighted by Gasteiger charge is 2.32. The molecule has 0 saturated heterocycles. The van der Waals surface area contributed by atoms with E-state index in [1.165, 1.54) is 24.2 Å². The van der Waals surface area contributed by atoms with Gasteiger partial charge in [0.2, 0.25) is 5.91 Å². The molecule has 1 atom stereocenters. The third kappa shape index (κ3) is 4.48. The number of rotatable bonds is 7. The SMILES string of the molecule is CC(C1CC1)N(C)C(=O)Cc1csc(COc2ccc(Cl)cc2)n1. The summed E-state index contributed by atoms with van der Waals surface area (Å²) in [5.74, 6) is 1.56. The van der Waals surface area contributed by atoms with E-state index >= 15 is 0 Å². The Kier molecular flexibility index (Phi) is 5.41. The van der Waals surface area contributed by atoms with Gasteiger partial charge in [-0.3, -0.25) is 4.79 Å². The molecule has 0 N–H and O–H groups in total. The van der Waals surface area contributed by atoms with Crippen LogP contribution >= 0.6 is 22.9 Å². The first kappa shape index (κ1) is 17.2. The predicted octanol–water partition coefficient (Wildman–Crippen LogP) is 4.17. The molecular weight excluding hydrogens is 344 g/mol. The summed E-state index contributed by atoms with van der Waals surface area (Å²) in [6, 6.07) is 7.56. The summed E-state index contributed by atoms with van der Waals surface area (Å²) in [6.45, 7) is 2.52. The Morgan fingerprint density at radius 2 is 2.12 bits per heavy atom. The molecule has 0 bridgehead atoms. The molecule has 1 saturated carbocycles. The van der Waals surface area contributed by atoms with E-state index in [0.717, 1.165) is 16.5 Å². The fourth-order valence-electron chi connectivity index (χ4n) is 2.57. The van der Waals surface area contributed by atoms with Crippen molar-refractivity contribution in [3.63, 3.8) is 0 Å². The Hall–Kier alpha value is -1.59. The van der Waals surface area contributed by atoms with Gasteiger partial charge in [0, 0.05) is 23.5 Å².